The van der Waals surface area contributed by atoms with E-state index in [4.69, 9.17) is 25.3 Å². The number of rotatable bonds is 17. The molecule has 0 saturated heterocycles. The molecule has 2 rings (SSSR count). The predicted molar refractivity (Wildman–Crippen MR) is 260 cm³/mol. The van der Waals surface area contributed by atoms with E-state index in [2.05, 4.69) is 139 Å². The molecule has 0 saturated carbocycles. The first-order chi connectivity index (χ1) is 29.6. The summed E-state index contributed by atoms with van der Waals surface area (Å²) in [5.41, 5.74) is -0.356. The van der Waals surface area contributed by atoms with Gasteiger partial charge in [-0.1, -0.05) is 47.9 Å². The summed E-state index contributed by atoms with van der Waals surface area (Å²) in [5, 5.41) is 63.3. The quantitative estimate of drug-likeness (QED) is 0.171. The minimum absolute atomic E-state index is 0.178. The Morgan fingerprint density at radius 3 is 0.562 bits per heavy atom. The van der Waals surface area contributed by atoms with Crippen molar-refractivity contribution in [3.05, 3.63) is 59.7 Å². The number of carboxylic acids is 2. The van der Waals surface area contributed by atoms with Crippen LogP contribution in [0.3, 0.4) is 0 Å². The summed E-state index contributed by atoms with van der Waals surface area (Å²) in [5.74, 6) is -3.25. The van der Waals surface area contributed by atoms with Crippen molar-refractivity contribution in [3.8, 4) is 11.5 Å². The molecular formula is C49H100BN5O9. The summed E-state index contributed by atoms with van der Waals surface area (Å²) in [6.45, 7) is 52.5. The first-order valence-electron chi connectivity index (χ1n) is 23.7. The zero-order chi connectivity index (χ0) is 51.8. The highest BCUT2D eigenvalue weighted by Gasteiger charge is 2.13. The van der Waals surface area contributed by atoms with Gasteiger partial charge in [0, 0.05) is 0 Å². The molecule has 0 radical (unpaired) electrons. The number of hydrogen-bond donors (Lipinski definition) is 2. The molecule has 0 aromatic heterocycles. The van der Waals surface area contributed by atoms with Crippen molar-refractivity contribution in [3.63, 3.8) is 0 Å². The van der Waals surface area contributed by atoms with E-state index in [9.17, 15) is 19.8 Å². The molecule has 14 nitrogen and oxygen atoms in total. The van der Waals surface area contributed by atoms with Gasteiger partial charge in [0.25, 0.3) is 0 Å². The number of carbonyl (C=O) groups is 2. The van der Waals surface area contributed by atoms with Crippen LogP contribution in [-0.4, -0.2) is 185 Å². The smallest absolute Gasteiger partial charge is 0.335 e. The van der Waals surface area contributed by atoms with Crippen LogP contribution in [0.4, 0.5) is 0 Å². The van der Waals surface area contributed by atoms with E-state index in [-0.39, 0.29) is 11.1 Å². The Morgan fingerprint density at radius 2 is 0.500 bits per heavy atom. The first kappa shape index (κ1) is 72.3. The fraction of sp³-hybridized carbons (Fsp3) is 0.714. The lowest BCUT2D eigenvalue weighted by molar-refractivity contribution is -0.904. The van der Waals surface area contributed by atoms with Gasteiger partial charge >= 0.3 is 11.9 Å². The monoisotopic (exact) mass is 914 g/mol. The molecule has 2 aromatic rings. The Morgan fingerprint density at radius 1 is 0.375 bits per heavy atom. The van der Waals surface area contributed by atoms with Gasteiger partial charge < -0.3 is 57.9 Å². The van der Waals surface area contributed by atoms with Gasteiger partial charge in [0.2, 0.25) is 0 Å². The molecule has 0 aliphatic carbocycles. The third-order valence-corrected chi connectivity index (χ3v) is 13.7. The van der Waals surface area contributed by atoms with Crippen LogP contribution in [0.25, 0.3) is 0 Å². The maximum Gasteiger partial charge on any atom is 0.335 e. The van der Waals surface area contributed by atoms with Crippen LogP contribution in [0.1, 0.15) is 125 Å². The maximum atomic E-state index is 10.7. The molecule has 0 aliphatic rings. The van der Waals surface area contributed by atoms with Gasteiger partial charge in [0.05, 0.1) is 145 Å². The minimum Gasteiger partial charge on any atom is -0.907 e. The first-order valence-corrected chi connectivity index (χ1v) is 23.7. The van der Waals surface area contributed by atoms with Gasteiger partial charge in [0.1, 0.15) is 0 Å². The van der Waals surface area contributed by atoms with E-state index in [1.807, 2.05) is 0 Å². The molecular weight excluding hydrogens is 813 g/mol. The van der Waals surface area contributed by atoms with Crippen LogP contribution >= 0.6 is 0 Å². The molecule has 0 spiro atoms. The highest BCUT2D eigenvalue weighted by Crippen LogP contribution is 2.12. The number of benzene rings is 2. The number of para-hydroxylation sites is 2. The van der Waals surface area contributed by atoms with E-state index < -0.39 is 30.8 Å². The van der Waals surface area contributed by atoms with Gasteiger partial charge in [0.15, 0.2) is 0 Å². The van der Waals surface area contributed by atoms with Crippen molar-refractivity contribution < 1.29 is 67.5 Å². The average molecular weight is 914 g/mol. The van der Waals surface area contributed by atoms with Crippen molar-refractivity contribution in [1.82, 2.24) is 0 Å². The molecule has 2 aromatic carbocycles. The van der Waals surface area contributed by atoms with Gasteiger partial charge in [-0.25, -0.2) is 9.59 Å². The Balaban J connectivity index is -0.000000152. The van der Waals surface area contributed by atoms with Crippen molar-refractivity contribution in [1.29, 1.82) is 0 Å². The van der Waals surface area contributed by atoms with E-state index >= 15 is 0 Å². The molecule has 0 bridgehead atoms. The van der Waals surface area contributed by atoms with Gasteiger partial charge in [-0.3, -0.25) is 7.32 Å². The third kappa shape index (κ3) is 38.0. The summed E-state index contributed by atoms with van der Waals surface area (Å²) in [6, 6.07) is 11.1. The highest BCUT2D eigenvalue weighted by molar-refractivity contribution is 6.24. The van der Waals surface area contributed by atoms with Gasteiger partial charge in [-0.05, 0) is 116 Å². The fourth-order valence-electron chi connectivity index (χ4n) is 4.64. The molecule has 0 unspecified atom stereocenters. The van der Waals surface area contributed by atoms with Crippen LogP contribution in [0, 0.1) is 0 Å². The number of quaternary nitrogens is 5. The normalized spacial score (nSPS) is 10.8. The van der Waals surface area contributed by atoms with Crippen LogP contribution in [0.5, 0.6) is 11.5 Å². The lowest BCUT2D eigenvalue weighted by Crippen LogP contribution is -2.56. The molecule has 15 heteroatoms. The number of aromatic carboxylic acids is 2. The molecule has 0 fully saturated rings. The topological polar surface area (TPSA) is 190 Å². The zero-order valence-electron chi connectivity index (χ0n) is 44.8. The Labute approximate surface area is 394 Å². The summed E-state index contributed by atoms with van der Waals surface area (Å²) < 4.78 is 6.04. The van der Waals surface area contributed by atoms with Crippen LogP contribution < -0.4 is 25.3 Å². The lowest BCUT2D eigenvalue weighted by Gasteiger charge is -2.35. The summed E-state index contributed by atoms with van der Waals surface area (Å²) >= 11 is 0. The third-order valence-electron chi connectivity index (χ3n) is 13.7. The second-order valence-electron chi connectivity index (χ2n) is 16.7. The second kappa shape index (κ2) is 41.2. The van der Waals surface area contributed by atoms with E-state index in [0.29, 0.717) is 0 Å². The average Bonchev–Trinajstić information content (AvgIpc) is 3.31. The Hall–Kier alpha value is -3.28. The van der Waals surface area contributed by atoms with Crippen LogP contribution in [0.2, 0.25) is 0 Å². The summed E-state index contributed by atoms with van der Waals surface area (Å²) in [4.78, 5) is 20.4. The number of carboxylic acid groups (broad SMARTS) is 2. The SMILES string of the molecule is CC[N+](C)(CC)CC.CC[N+](C)(CC)CC.CC[N+](C)(CC)CC.CC[N+](C)(CC)CC.CC[N+](C)(CC)CC.O=C(O)c1ccccc1[O-].O=C(O)c1ccccc1[O-].[O-]B([O-])[O-]. The van der Waals surface area contributed by atoms with Crippen molar-refractivity contribution >= 4 is 19.3 Å². The van der Waals surface area contributed by atoms with E-state index in [0.717, 1.165) is 0 Å². The number of nitrogens with zero attached hydrogens (tertiary/aromatic N) is 5. The minimum atomic E-state index is -2.92. The lowest BCUT2D eigenvalue weighted by atomic mass is 10.2. The van der Waals surface area contributed by atoms with Gasteiger partial charge in [-0.2, -0.15) is 0 Å². The molecule has 0 amide bonds. The van der Waals surface area contributed by atoms with Crippen molar-refractivity contribution in [2.45, 2.75) is 104 Å². The van der Waals surface area contributed by atoms with E-state index in [1.165, 1.54) is 169 Å². The van der Waals surface area contributed by atoms with Crippen molar-refractivity contribution in [2.24, 2.45) is 0 Å². The predicted octanol–water partition coefficient (Wildman–Crippen LogP) is 4.43. The molecule has 0 aliphatic heterocycles. The van der Waals surface area contributed by atoms with Crippen LogP contribution in [-0.2, 0) is 0 Å². The van der Waals surface area contributed by atoms with Crippen molar-refractivity contribution in [2.75, 3.05) is 133 Å². The fourth-order valence-corrected chi connectivity index (χ4v) is 4.64. The molecule has 0 atom stereocenters. The van der Waals surface area contributed by atoms with Gasteiger partial charge in [-0.15, -0.1) is 0 Å². The maximum absolute atomic E-state index is 10.7. The summed E-state index contributed by atoms with van der Waals surface area (Å²) in [6.07, 6.45) is 0. The Kier molecular flexibility index (Phi) is 46.5. The molecule has 64 heavy (non-hydrogen) atoms. The molecule has 378 valence electrons. The highest BCUT2D eigenvalue weighted by atomic mass is 16.5. The number of hydrogen-bond acceptors (Lipinski definition) is 7. The molecule has 2 N–H and O–H groups in total. The van der Waals surface area contributed by atoms with Crippen LogP contribution in [0.15, 0.2) is 48.5 Å². The summed E-state index contributed by atoms with van der Waals surface area (Å²) in [7, 11) is 8.54. The molecule has 0 heterocycles. The second-order valence-corrected chi connectivity index (χ2v) is 16.7. The van der Waals surface area contributed by atoms with E-state index in [1.54, 1.807) is 0 Å². The largest absolute Gasteiger partial charge is 0.907 e. The Bertz CT molecular complexity index is 1180. The zero-order valence-corrected chi connectivity index (χ0v) is 44.8. The standard InChI is InChI=1S/5C7H18N.2C7H6O3.BO3/c5*1-5-8(4,6-2)7-3;2*8-6-4-2-1-3-5(6)7(9)10;2-1(3)4/h5*5-7H2,1-4H3;2*1-4,8H,(H,9,10);/q5*+1;;;-3/p-2.